The summed E-state index contributed by atoms with van der Waals surface area (Å²) < 4.78 is 56.1. The quantitative estimate of drug-likeness (QED) is 0.233. The zero-order valence-electron chi connectivity index (χ0n) is 16.1. The Morgan fingerprint density at radius 2 is 1.84 bits per heavy atom. The summed E-state index contributed by atoms with van der Waals surface area (Å²) >= 11 is 17.5. The Hall–Kier alpha value is -2.11. The van der Waals surface area contributed by atoms with Crippen LogP contribution in [0.15, 0.2) is 35.5 Å². The van der Waals surface area contributed by atoms with Crippen LogP contribution in [0, 0.1) is 5.82 Å². The van der Waals surface area contributed by atoms with Gasteiger partial charge in [0.2, 0.25) is 5.91 Å². The molecule has 1 aliphatic rings. The lowest BCUT2D eigenvalue weighted by Crippen LogP contribution is -2.42. The molecule has 3 rings (SSSR count). The van der Waals surface area contributed by atoms with Gasteiger partial charge in [0, 0.05) is 23.9 Å². The summed E-state index contributed by atoms with van der Waals surface area (Å²) in [7, 11) is 0. The summed E-state index contributed by atoms with van der Waals surface area (Å²) in [5, 5.41) is 2.75. The average molecular weight is 515 g/mol. The highest BCUT2D eigenvalue weighted by Crippen LogP contribution is 2.50. The number of nitrogens with one attached hydrogen (secondary N) is 2. The van der Waals surface area contributed by atoms with Crippen molar-refractivity contribution in [1.29, 1.82) is 0 Å². The number of hydrogen-bond acceptors (Lipinski definition) is 5. The van der Waals surface area contributed by atoms with Gasteiger partial charge in [-0.2, -0.15) is 13.2 Å². The largest absolute Gasteiger partial charge is 0.435 e. The van der Waals surface area contributed by atoms with Crippen LogP contribution >= 0.6 is 34.8 Å². The fraction of sp³-hybridized carbons (Fsp3) is 0.263. The van der Waals surface area contributed by atoms with Crippen molar-refractivity contribution in [2.24, 2.45) is 5.16 Å². The van der Waals surface area contributed by atoms with Crippen LogP contribution in [0.4, 0.5) is 17.6 Å². The van der Waals surface area contributed by atoms with Crippen LogP contribution in [0.3, 0.4) is 0 Å². The SMILES string of the molecule is CC(=O)NNOCc1cc(C2=NO[C@](c3cc(Cl)c(F)c(Cl)c3)(C(F)(F)F)C2)ccc1Cl. The minimum absolute atomic E-state index is 0.0355. The van der Waals surface area contributed by atoms with E-state index in [1.54, 1.807) is 0 Å². The summed E-state index contributed by atoms with van der Waals surface area (Å²) in [6.45, 7) is 1.14. The van der Waals surface area contributed by atoms with Gasteiger partial charge in [-0.15, -0.1) is 5.59 Å². The molecule has 0 saturated heterocycles. The molecule has 6 nitrogen and oxygen atoms in total. The number of hydrazine groups is 1. The fourth-order valence-corrected chi connectivity index (χ4v) is 3.59. The second-order valence-electron chi connectivity index (χ2n) is 6.76. The standard InChI is InChI=1S/C19H14Cl3F4N3O3/c1-9(30)27-29-31-8-11-4-10(2-3-13(11)20)16-7-18(32-28-16,19(24,25)26)12-5-14(21)17(23)15(22)6-12/h2-6,29H,7-8H2,1H3,(H,27,30)/t18-/m1/s1. The lowest BCUT2D eigenvalue weighted by Gasteiger charge is -2.29. The molecular weight excluding hydrogens is 501 g/mol. The van der Waals surface area contributed by atoms with E-state index in [4.69, 9.17) is 44.5 Å². The normalized spacial score (nSPS) is 18.3. The second kappa shape index (κ2) is 9.40. The third kappa shape index (κ3) is 4.94. The second-order valence-corrected chi connectivity index (χ2v) is 7.98. The zero-order valence-corrected chi connectivity index (χ0v) is 18.4. The third-order valence-corrected chi connectivity index (χ3v) is 5.46. The van der Waals surface area contributed by atoms with Crippen LogP contribution in [0.1, 0.15) is 30.0 Å². The van der Waals surface area contributed by atoms with Crippen LogP contribution in [-0.4, -0.2) is 17.8 Å². The number of oxime groups is 1. The molecule has 0 fully saturated rings. The van der Waals surface area contributed by atoms with Crippen molar-refractivity contribution < 1.29 is 32.0 Å². The van der Waals surface area contributed by atoms with E-state index >= 15 is 0 Å². The number of nitrogens with zero attached hydrogens (tertiary/aromatic N) is 1. The van der Waals surface area contributed by atoms with Gasteiger partial charge in [-0.1, -0.05) is 46.0 Å². The van der Waals surface area contributed by atoms with E-state index in [9.17, 15) is 22.4 Å². The molecule has 0 saturated carbocycles. The molecule has 0 unspecified atom stereocenters. The predicted molar refractivity (Wildman–Crippen MR) is 110 cm³/mol. The summed E-state index contributed by atoms with van der Waals surface area (Å²) in [4.78, 5) is 20.8. The maximum absolute atomic E-state index is 14.1. The molecule has 0 bridgehead atoms. The molecule has 0 radical (unpaired) electrons. The Bertz CT molecular complexity index is 1060. The maximum Gasteiger partial charge on any atom is 0.435 e. The van der Waals surface area contributed by atoms with Crippen molar-refractivity contribution >= 4 is 46.4 Å². The van der Waals surface area contributed by atoms with Gasteiger partial charge in [-0.3, -0.25) is 15.1 Å². The van der Waals surface area contributed by atoms with Crippen LogP contribution in [0.2, 0.25) is 15.1 Å². The highest BCUT2D eigenvalue weighted by Gasteiger charge is 2.62. The number of carbonyl (C=O) groups excluding carboxylic acids is 1. The Morgan fingerprint density at radius 3 is 2.44 bits per heavy atom. The van der Waals surface area contributed by atoms with Gasteiger partial charge >= 0.3 is 6.18 Å². The highest BCUT2D eigenvalue weighted by molar-refractivity contribution is 6.35. The van der Waals surface area contributed by atoms with Crippen LogP contribution in [-0.2, 0) is 26.7 Å². The number of alkyl halides is 3. The predicted octanol–water partition coefficient (Wildman–Crippen LogP) is 5.44. The lowest BCUT2D eigenvalue weighted by molar-refractivity contribution is -0.275. The first-order chi connectivity index (χ1) is 14.9. The molecule has 1 aliphatic heterocycles. The Morgan fingerprint density at radius 1 is 1.19 bits per heavy atom. The van der Waals surface area contributed by atoms with Gasteiger partial charge in [0.1, 0.15) is 0 Å². The smallest absolute Gasteiger partial charge is 0.374 e. The van der Waals surface area contributed by atoms with Gasteiger partial charge in [-0.05, 0) is 35.4 Å². The van der Waals surface area contributed by atoms with Crippen LogP contribution < -0.4 is 11.0 Å². The highest BCUT2D eigenvalue weighted by atomic mass is 35.5. The van der Waals surface area contributed by atoms with Crippen molar-refractivity contribution in [2.45, 2.75) is 31.7 Å². The number of hydrogen-bond donors (Lipinski definition) is 2. The molecule has 0 spiro atoms. The maximum atomic E-state index is 14.1. The molecule has 2 aromatic rings. The van der Waals surface area contributed by atoms with Gasteiger partial charge in [0.25, 0.3) is 5.60 Å². The Balaban J connectivity index is 1.89. The first-order valence-electron chi connectivity index (χ1n) is 8.83. The topological polar surface area (TPSA) is 72.0 Å². The molecule has 13 heteroatoms. The number of amides is 1. The van der Waals surface area contributed by atoms with E-state index in [2.05, 4.69) is 16.2 Å². The zero-order chi connectivity index (χ0) is 23.7. The van der Waals surface area contributed by atoms with Crippen LogP contribution in [0.5, 0.6) is 0 Å². The van der Waals surface area contributed by atoms with Crippen molar-refractivity contribution in [3.05, 3.63) is 67.9 Å². The average Bonchev–Trinajstić information content (AvgIpc) is 3.17. The Labute approximate surface area is 194 Å². The van der Waals surface area contributed by atoms with Crippen molar-refractivity contribution in [1.82, 2.24) is 11.0 Å². The summed E-state index contributed by atoms with van der Waals surface area (Å²) in [5.41, 5.74) is 1.65. The molecule has 32 heavy (non-hydrogen) atoms. The van der Waals surface area contributed by atoms with Gasteiger partial charge in [0.15, 0.2) is 5.82 Å². The molecule has 1 heterocycles. The summed E-state index contributed by atoms with van der Waals surface area (Å²) in [6.07, 6.45) is -5.65. The van der Waals surface area contributed by atoms with E-state index in [1.807, 2.05) is 0 Å². The number of carbonyl (C=O) groups is 1. The molecular formula is C19H14Cl3F4N3O3. The molecule has 172 valence electrons. The van der Waals surface area contributed by atoms with Gasteiger partial charge in [-0.25, -0.2) is 4.39 Å². The molecule has 0 aromatic heterocycles. The van der Waals surface area contributed by atoms with Crippen molar-refractivity contribution in [3.63, 3.8) is 0 Å². The van der Waals surface area contributed by atoms with E-state index in [-0.39, 0.29) is 22.9 Å². The number of halogens is 7. The molecule has 1 atom stereocenters. The van der Waals surface area contributed by atoms with E-state index in [0.29, 0.717) is 5.56 Å². The van der Waals surface area contributed by atoms with Gasteiger partial charge < -0.3 is 4.84 Å². The van der Waals surface area contributed by atoms with E-state index < -0.39 is 45.5 Å². The van der Waals surface area contributed by atoms with Crippen LogP contribution in [0.25, 0.3) is 0 Å². The van der Waals surface area contributed by atoms with Gasteiger partial charge in [0.05, 0.1) is 22.4 Å². The molecule has 2 N–H and O–H groups in total. The van der Waals surface area contributed by atoms with Crippen molar-refractivity contribution in [2.75, 3.05) is 0 Å². The van der Waals surface area contributed by atoms with Crippen molar-refractivity contribution in [3.8, 4) is 0 Å². The minimum Gasteiger partial charge on any atom is -0.374 e. The monoisotopic (exact) mass is 513 g/mol. The minimum atomic E-state index is -4.93. The first-order valence-corrected chi connectivity index (χ1v) is 9.97. The summed E-state index contributed by atoms with van der Waals surface area (Å²) in [5.74, 6) is -1.43. The Kier molecular flexibility index (Phi) is 7.21. The number of rotatable bonds is 6. The molecule has 0 aliphatic carbocycles. The van der Waals surface area contributed by atoms with E-state index in [0.717, 1.165) is 12.1 Å². The number of benzene rings is 2. The molecule has 2 aromatic carbocycles. The van der Waals surface area contributed by atoms with E-state index in [1.165, 1.54) is 25.1 Å². The first kappa shape index (κ1) is 24.5. The lowest BCUT2D eigenvalue weighted by atomic mass is 9.86. The summed E-state index contributed by atoms with van der Waals surface area (Å²) in [6, 6.07) is 6.01. The molecule has 1 amide bonds. The fourth-order valence-electron chi connectivity index (χ4n) is 2.93. The third-order valence-electron chi connectivity index (χ3n) is 4.54.